The van der Waals surface area contributed by atoms with Crippen LogP contribution in [0.3, 0.4) is 0 Å². The minimum absolute atomic E-state index is 0.391. The van der Waals surface area contributed by atoms with Crippen LogP contribution in [-0.4, -0.2) is 44.8 Å². The summed E-state index contributed by atoms with van der Waals surface area (Å²) in [6, 6.07) is 5.48. The molecule has 0 heterocycles. The number of hydrogen-bond acceptors (Lipinski definition) is 6. The molecule has 0 N–H and O–H groups in total. The van der Waals surface area contributed by atoms with Crippen molar-refractivity contribution in [1.82, 2.24) is 0 Å². The summed E-state index contributed by atoms with van der Waals surface area (Å²) in [5.41, 5.74) is -0.628. The number of rotatable bonds is 6. The third-order valence-electron chi connectivity index (χ3n) is 2.55. The fourth-order valence-electron chi connectivity index (χ4n) is 1.41. The number of esters is 1. The molecule has 1 rings (SSSR count). The van der Waals surface area contributed by atoms with Crippen LogP contribution < -0.4 is 0 Å². The van der Waals surface area contributed by atoms with Crippen molar-refractivity contribution in [1.29, 1.82) is 0 Å². The number of Topliss-reactive ketones (excluding diaryl/α,β-unsaturated/α-hetero) is 1. The van der Waals surface area contributed by atoms with Crippen molar-refractivity contribution in [3.8, 4) is 0 Å². The molecule has 1 aromatic rings. The van der Waals surface area contributed by atoms with E-state index in [0.29, 0.717) is 7.11 Å². The van der Waals surface area contributed by atoms with Crippen molar-refractivity contribution in [2.75, 3.05) is 7.11 Å². The fourth-order valence-corrected chi connectivity index (χ4v) is 2.27. The quantitative estimate of drug-likeness (QED) is 0.326. The second-order valence-corrected chi connectivity index (χ2v) is 5.82. The molecule has 0 amide bonds. The smallest absolute Gasteiger partial charge is 0.464 e. The van der Waals surface area contributed by atoms with Crippen LogP contribution in [0, 0.1) is 0 Å². The van der Waals surface area contributed by atoms with Gasteiger partial charge >= 0.3 is 27.5 Å². The van der Waals surface area contributed by atoms with Crippen molar-refractivity contribution in [2.45, 2.75) is 17.5 Å². The SMILES string of the molecule is COC(=O)C(F)(F)S(=O)(=O)OC(C(=O)c1ccccc1)C(F)(F)F. The predicted octanol–water partition coefficient (Wildman–Crippen LogP) is 1.91. The van der Waals surface area contributed by atoms with Crippen LogP contribution >= 0.6 is 0 Å². The Morgan fingerprint density at radius 1 is 1.04 bits per heavy atom. The van der Waals surface area contributed by atoms with Crippen LogP contribution in [0.1, 0.15) is 10.4 Å². The summed E-state index contributed by atoms with van der Waals surface area (Å²) in [7, 11) is -6.06. The number of carbonyl (C=O) groups is 2. The minimum Gasteiger partial charge on any atom is -0.464 e. The Labute approximate surface area is 132 Å². The number of carbonyl (C=O) groups excluding carboxylic acids is 2. The first-order valence-electron chi connectivity index (χ1n) is 5.89. The third-order valence-corrected chi connectivity index (χ3v) is 3.79. The molecule has 0 fully saturated rings. The van der Waals surface area contributed by atoms with Gasteiger partial charge in [0.25, 0.3) is 0 Å². The van der Waals surface area contributed by atoms with Crippen molar-refractivity contribution in [2.24, 2.45) is 0 Å². The lowest BCUT2D eigenvalue weighted by molar-refractivity contribution is -0.181. The molecule has 0 saturated heterocycles. The molecule has 6 nitrogen and oxygen atoms in total. The maximum Gasteiger partial charge on any atom is 0.466 e. The molecule has 0 aliphatic carbocycles. The summed E-state index contributed by atoms with van der Waals surface area (Å²) in [6.07, 6.45) is -9.38. The van der Waals surface area contributed by atoms with Crippen LogP contribution in [0.5, 0.6) is 0 Å². The molecule has 12 heteroatoms. The summed E-state index contributed by atoms with van der Waals surface area (Å²) in [5, 5.41) is -5.43. The van der Waals surface area contributed by atoms with E-state index in [0.717, 1.165) is 24.3 Å². The highest BCUT2D eigenvalue weighted by atomic mass is 32.2. The van der Waals surface area contributed by atoms with E-state index >= 15 is 0 Å². The Morgan fingerprint density at radius 3 is 1.96 bits per heavy atom. The zero-order valence-corrected chi connectivity index (χ0v) is 12.5. The van der Waals surface area contributed by atoms with Crippen molar-refractivity contribution in [3.63, 3.8) is 0 Å². The molecular formula is C12H9F5O6S. The molecule has 0 bridgehead atoms. The fraction of sp³-hybridized carbons (Fsp3) is 0.333. The predicted molar refractivity (Wildman–Crippen MR) is 67.6 cm³/mol. The maximum atomic E-state index is 13.3. The highest BCUT2D eigenvalue weighted by molar-refractivity contribution is 7.88. The first kappa shape index (κ1) is 20.0. The van der Waals surface area contributed by atoms with Gasteiger partial charge in [-0.05, 0) is 0 Å². The van der Waals surface area contributed by atoms with E-state index in [1.807, 2.05) is 0 Å². The Kier molecular flexibility index (Phi) is 5.66. The third kappa shape index (κ3) is 4.06. The number of methoxy groups -OCH3 is 1. The van der Waals surface area contributed by atoms with E-state index in [1.165, 1.54) is 6.07 Å². The lowest BCUT2D eigenvalue weighted by atomic mass is 10.1. The molecule has 0 aliphatic heterocycles. The standard InChI is InChI=1S/C12H9F5O6S/c1-22-10(19)12(16,17)24(20,21)23-9(11(13,14)15)8(18)7-5-3-2-4-6-7/h2-6,9H,1H3. The Bertz CT molecular complexity index is 713. The van der Waals surface area contributed by atoms with Crippen LogP contribution in [0.15, 0.2) is 30.3 Å². The number of ether oxygens (including phenoxy) is 1. The Morgan fingerprint density at radius 2 is 1.54 bits per heavy atom. The molecule has 0 radical (unpaired) electrons. The van der Waals surface area contributed by atoms with Crippen LogP contribution in [0.2, 0.25) is 0 Å². The summed E-state index contributed by atoms with van der Waals surface area (Å²) < 4.78 is 94.8. The van der Waals surface area contributed by atoms with Gasteiger partial charge in [0.15, 0.2) is 0 Å². The molecule has 0 aromatic heterocycles. The lowest BCUT2D eigenvalue weighted by Crippen LogP contribution is -2.47. The minimum atomic E-state index is -6.46. The summed E-state index contributed by atoms with van der Waals surface area (Å²) in [5.74, 6) is -4.58. The first-order chi connectivity index (χ1) is 10.8. The molecule has 1 atom stereocenters. The second-order valence-electron chi connectivity index (χ2n) is 4.21. The van der Waals surface area contributed by atoms with Gasteiger partial charge in [0, 0.05) is 5.56 Å². The Balaban J connectivity index is 3.26. The highest BCUT2D eigenvalue weighted by Crippen LogP contribution is 2.32. The van der Waals surface area contributed by atoms with Crippen molar-refractivity contribution in [3.05, 3.63) is 35.9 Å². The number of alkyl halides is 5. The van der Waals surface area contributed by atoms with Gasteiger partial charge in [-0.1, -0.05) is 30.3 Å². The van der Waals surface area contributed by atoms with E-state index in [-0.39, 0.29) is 0 Å². The van der Waals surface area contributed by atoms with Crippen LogP contribution in [-0.2, 0) is 23.8 Å². The molecule has 0 saturated carbocycles. The molecule has 24 heavy (non-hydrogen) atoms. The van der Waals surface area contributed by atoms with Gasteiger partial charge in [0.1, 0.15) is 0 Å². The highest BCUT2D eigenvalue weighted by Gasteiger charge is 2.60. The van der Waals surface area contributed by atoms with Crippen molar-refractivity contribution < 1.29 is 48.9 Å². The largest absolute Gasteiger partial charge is 0.466 e. The maximum absolute atomic E-state index is 13.3. The molecule has 1 aromatic carbocycles. The zero-order valence-electron chi connectivity index (χ0n) is 11.7. The zero-order chi connectivity index (χ0) is 18.8. The van der Waals surface area contributed by atoms with Gasteiger partial charge in [-0.25, -0.2) is 8.98 Å². The van der Waals surface area contributed by atoms with E-state index in [1.54, 1.807) is 0 Å². The lowest BCUT2D eigenvalue weighted by Gasteiger charge is -2.21. The van der Waals surface area contributed by atoms with Gasteiger partial charge in [0.2, 0.25) is 11.9 Å². The topological polar surface area (TPSA) is 86.7 Å². The average Bonchev–Trinajstić information content (AvgIpc) is 2.50. The van der Waals surface area contributed by atoms with Crippen molar-refractivity contribution >= 4 is 21.9 Å². The molecular weight excluding hydrogens is 367 g/mol. The number of halogens is 5. The average molecular weight is 376 g/mol. The van der Waals surface area contributed by atoms with Crippen LogP contribution in [0.25, 0.3) is 0 Å². The molecule has 134 valence electrons. The number of benzene rings is 1. The number of ketones is 1. The van der Waals surface area contributed by atoms with E-state index < -0.39 is 45.0 Å². The van der Waals surface area contributed by atoms with Gasteiger partial charge in [-0.2, -0.15) is 30.4 Å². The first-order valence-corrected chi connectivity index (χ1v) is 7.30. The number of hydrogen-bond donors (Lipinski definition) is 0. The van der Waals surface area contributed by atoms with Gasteiger partial charge in [0.05, 0.1) is 7.11 Å². The van der Waals surface area contributed by atoms with E-state index in [9.17, 15) is 40.0 Å². The summed E-state index contributed by atoms with van der Waals surface area (Å²) >= 11 is 0. The second kappa shape index (κ2) is 6.81. The van der Waals surface area contributed by atoms with Crippen LogP contribution in [0.4, 0.5) is 22.0 Å². The molecule has 0 aliphatic rings. The molecule has 0 spiro atoms. The van der Waals surface area contributed by atoms with Gasteiger partial charge in [-0.3, -0.25) is 4.79 Å². The molecule has 1 unspecified atom stereocenters. The van der Waals surface area contributed by atoms with Gasteiger partial charge in [-0.15, -0.1) is 0 Å². The Hall–Kier alpha value is -2.08. The monoisotopic (exact) mass is 376 g/mol. The van der Waals surface area contributed by atoms with E-state index in [4.69, 9.17) is 0 Å². The summed E-state index contributed by atoms with van der Waals surface area (Å²) in [4.78, 5) is 22.5. The summed E-state index contributed by atoms with van der Waals surface area (Å²) in [6.45, 7) is 0. The van der Waals surface area contributed by atoms with E-state index in [2.05, 4.69) is 8.92 Å². The van der Waals surface area contributed by atoms with Gasteiger partial charge < -0.3 is 4.74 Å². The normalized spacial score (nSPS) is 14.1.